The van der Waals surface area contributed by atoms with Gasteiger partial charge in [0.2, 0.25) is 0 Å². The van der Waals surface area contributed by atoms with Crippen molar-refractivity contribution in [3.63, 3.8) is 0 Å². The van der Waals surface area contributed by atoms with Gasteiger partial charge in [-0.1, -0.05) is 55.5 Å². The Morgan fingerprint density at radius 1 is 1.19 bits per heavy atom. The van der Waals surface area contributed by atoms with Crippen LogP contribution in [0, 0.1) is 0 Å². The van der Waals surface area contributed by atoms with E-state index in [4.69, 9.17) is 18.0 Å². The van der Waals surface area contributed by atoms with Crippen molar-refractivity contribution in [2.24, 2.45) is 5.73 Å². The van der Waals surface area contributed by atoms with Gasteiger partial charge in [0.05, 0.1) is 0 Å². The molecule has 0 amide bonds. The van der Waals surface area contributed by atoms with Crippen molar-refractivity contribution in [3.8, 4) is 0 Å². The van der Waals surface area contributed by atoms with Gasteiger partial charge in [0, 0.05) is 22.3 Å². The van der Waals surface area contributed by atoms with Crippen molar-refractivity contribution in [2.45, 2.75) is 19.3 Å². The number of anilines is 1. The van der Waals surface area contributed by atoms with Crippen molar-refractivity contribution in [1.29, 1.82) is 0 Å². The number of nitrogens with one attached hydrogen (secondary N) is 1. The van der Waals surface area contributed by atoms with Gasteiger partial charge >= 0.3 is 0 Å². The van der Waals surface area contributed by atoms with E-state index >= 15 is 0 Å². The summed E-state index contributed by atoms with van der Waals surface area (Å²) in [5.41, 5.74) is 9.02. The molecule has 0 heterocycles. The quantitative estimate of drug-likeness (QED) is 0.732. The number of halogens is 1. The molecule has 0 bridgehead atoms. The molecular weight excluding hydrogens is 344 g/mol. The zero-order valence-corrected chi connectivity index (χ0v) is 14.4. The molecule has 2 aromatic rings. The summed E-state index contributed by atoms with van der Waals surface area (Å²) in [5, 5.41) is 3.44. The van der Waals surface area contributed by atoms with Crippen LogP contribution in [0.25, 0.3) is 0 Å². The summed E-state index contributed by atoms with van der Waals surface area (Å²) in [6.45, 7) is 3.12. The van der Waals surface area contributed by atoms with Gasteiger partial charge in [0.1, 0.15) is 4.99 Å². The van der Waals surface area contributed by atoms with E-state index in [0.29, 0.717) is 10.9 Å². The van der Waals surface area contributed by atoms with Gasteiger partial charge < -0.3 is 11.1 Å². The Balaban J connectivity index is 1.98. The third-order valence-electron chi connectivity index (χ3n) is 3.52. The maximum atomic E-state index is 5.80. The molecule has 0 aliphatic rings. The first kappa shape index (κ1) is 16.0. The number of hydrogen-bond donors (Lipinski definition) is 2. The van der Waals surface area contributed by atoms with Crippen LogP contribution in [0.2, 0.25) is 0 Å². The minimum Gasteiger partial charge on any atom is -0.389 e. The smallest absolute Gasteiger partial charge is 0.107 e. The van der Waals surface area contributed by atoms with Crippen LogP contribution in [0.3, 0.4) is 0 Å². The predicted octanol–water partition coefficient (Wildman–Crippen LogP) is 4.69. The topological polar surface area (TPSA) is 38.0 Å². The molecular formula is C17H19BrN2S. The summed E-state index contributed by atoms with van der Waals surface area (Å²) >= 11 is 8.62. The summed E-state index contributed by atoms with van der Waals surface area (Å²) in [5.74, 6) is 0.513. The van der Waals surface area contributed by atoms with Gasteiger partial charge in [-0.2, -0.15) is 0 Å². The van der Waals surface area contributed by atoms with Gasteiger partial charge in [-0.15, -0.1) is 0 Å². The maximum Gasteiger partial charge on any atom is 0.107 e. The van der Waals surface area contributed by atoms with E-state index in [2.05, 4.69) is 52.4 Å². The van der Waals surface area contributed by atoms with Gasteiger partial charge in [-0.05, 0) is 46.0 Å². The Kier molecular flexibility index (Phi) is 5.76. The summed E-state index contributed by atoms with van der Waals surface area (Å²) < 4.78 is 0.927. The van der Waals surface area contributed by atoms with E-state index in [-0.39, 0.29) is 0 Å². The second-order valence-corrected chi connectivity index (χ2v) is 6.35. The standard InChI is InChI=1S/C17H19BrN2S/c1-12(13-6-3-2-4-7-13)10-11-20-15-9-5-8-14(18)16(15)17(19)21/h2-9,12,20H,10-11H2,1H3,(H2,19,21). The molecule has 2 rings (SSSR count). The molecule has 4 heteroatoms. The lowest BCUT2D eigenvalue weighted by molar-refractivity contribution is 0.706. The minimum absolute atomic E-state index is 0.404. The third-order valence-corrected chi connectivity index (χ3v) is 4.39. The second-order valence-electron chi connectivity index (χ2n) is 5.05. The van der Waals surface area contributed by atoms with Crippen molar-refractivity contribution >= 4 is 38.8 Å². The van der Waals surface area contributed by atoms with Gasteiger partial charge in [-0.3, -0.25) is 0 Å². The average Bonchev–Trinajstić information content (AvgIpc) is 2.47. The summed E-state index contributed by atoms with van der Waals surface area (Å²) in [6, 6.07) is 16.5. The molecule has 3 N–H and O–H groups in total. The molecule has 21 heavy (non-hydrogen) atoms. The first-order valence-corrected chi connectivity index (χ1v) is 8.17. The normalized spacial score (nSPS) is 11.9. The fraction of sp³-hybridized carbons (Fsp3) is 0.235. The molecule has 0 saturated carbocycles. The molecule has 110 valence electrons. The lowest BCUT2D eigenvalue weighted by atomic mass is 9.98. The van der Waals surface area contributed by atoms with Crippen LogP contribution in [-0.4, -0.2) is 11.5 Å². The SMILES string of the molecule is CC(CCNc1cccc(Br)c1C(N)=S)c1ccccc1. The molecule has 1 atom stereocenters. The molecule has 0 aromatic heterocycles. The Labute approximate surface area is 139 Å². The highest BCUT2D eigenvalue weighted by atomic mass is 79.9. The molecule has 0 aliphatic carbocycles. The maximum absolute atomic E-state index is 5.80. The van der Waals surface area contributed by atoms with Crippen LogP contribution in [0.4, 0.5) is 5.69 Å². The molecule has 1 unspecified atom stereocenters. The Morgan fingerprint density at radius 3 is 2.57 bits per heavy atom. The Bertz CT molecular complexity index is 613. The highest BCUT2D eigenvalue weighted by Crippen LogP contribution is 2.25. The van der Waals surface area contributed by atoms with Crippen LogP contribution in [0.5, 0.6) is 0 Å². The summed E-state index contributed by atoms with van der Waals surface area (Å²) in [4.78, 5) is 0.404. The molecule has 0 fully saturated rings. The van der Waals surface area contributed by atoms with E-state index in [1.54, 1.807) is 0 Å². The highest BCUT2D eigenvalue weighted by Gasteiger charge is 2.10. The number of hydrogen-bond acceptors (Lipinski definition) is 2. The summed E-state index contributed by atoms with van der Waals surface area (Å²) in [6.07, 6.45) is 1.05. The van der Waals surface area contributed by atoms with Gasteiger partial charge in [0.15, 0.2) is 0 Å². The van der Waals surface area contributed by atoms with Crippen molar-refractivity contribution in [3.05, 3.63) is 64.1 Å². The Morgan fingerprint density at radius 2 is 1.90 bits per heavy atom. The third kappa shape index (κ3) is 4.29. The fourth-order valence-electron chi connectivity index (χ4n) is 2.29. The number of thiocarbonyl (C=S) groups is 1. The van der Waals surface area contributed by atoms with Gasteiger partial charge in [0.25, 0.3) is 0 Å². The van der Waals surface area contributed by atoms with Crippen LogP contribution in [0.15, 0.2) is 53.0 Å². The first-order valence-electron chi connectivity index (χ1n) is 6.96. The molecule has 0 aliphatic heterocycles. The zero-order chi connectivity index (χ0) is 15.2. The minimum atomic E-state index is 0.404. The lowest BCUT2D eigenvalue weighted by Gasteiger charge is -2.15. The van der Waals surface area contributed by atoms with E-state index in [0.717, 1.165) is 28.7 Å². The van der Waals surface area contributed by atoms with Crippen molar-refractivity contribution < 1.29 is 0 Å². The summed E-state index contributed by atoms with van der Waals surface area (Å²) in [7, 11) is 0. The van der Waals surface area contributed by atoms with Gasteiger partial charge in [-0.25, -0.2) is 0 Å². The monoisotopic (exact) mass is 362 g/mol. The first-order chi connectivity index (χ1) is 10.1. The molecule has 2 aromatic carbocycles. The van der Waals surface area contributed by atoms with Crippen LogP contribution < -0.4 is 11.1 Å². The fourth-order valence-corrected chi connectivity index (χ4v) is 3.22. The Hall–Kier alpha value is -1.39. The van der Waals surface area contributed by atoms with Crippen LogP contribution >= 0.6 is 28.1 Å². The second kappa shape index (κ2) is 7.57. The van der Waals surface area contributed by atoms with E-state index in [1.807, 2.05) is 24.3 Å². The van der Waals surface area contributed by atoms with Crippen molar-refractivity contribution in [2.75, 3.05) is 11.9 Å². The molecule has 2 nitrogen and oxygen atoms in total. The van der Waals surface area contributed by atoms with E-state index < -0.39 is 0 Å². The van der Waals surface area contributed by atoms with E-state index in [9.17, 15) is 0 Å². The zero-order valence-electron chi connectivity index (χ0n) is 12.0. The van der Waals surface area contributed by atoms with E-state index in [1.165, 1.54) is 5.56 Å². The molecule has 0 radical (unpaired) electrons. The van der Waals surface area contributed by atoms with Crippen LogP contribution in [-0.2, 0) is 0 Å². The highest BCUT2D eigenvalue weighted by molar-refractivity contribution is 9.10. The molecule has 0 spiro atoms. The average molecular weight is 363 g/mol. The van der Waals surface area contributed by atoms with Crippen LogP contribution in [0.1, 0.15) is 30.4 Å². The number of benzene rings is 2. The van der Waals surface area contributed by atoms with Crippen molar-refractivity contribution in [1.82, 2.24) is 0 Å². The predicted molar refractivity (Wildman–Crippen MR) is 98.0 cm³/mol. The number of nitrogens with two attached hydrogens (primary N) is 1. The molecule has 0 saturated heterocycles. The largest absolute Gasteiger partial charge is 0.389 e. The number of rotatable bonds is 6. The lowest BCUT2D eigenvalue weighted by Crippen LogP contribution is -2.15.